The summed E-state index contributed by atoms with van der Waals surface area (Å²) in [5, 5.41) is 3.22. The third kappa shape index (κ3) is 4.87. The summed E-state index contributed by atoms with van der Waals surface area (Å²) < 4.78 is 58.3. The standard InChI is InChI=1S/C21H15ClF2N4O3S/c22-13-9-11-14(12-10-13)32(29,30)28-20-19(25-15-5-1-2-6-16(15)26-20)27-17-7-3-4-8-18(17)31-21(23)24/h1-12,21H,(H,25,27)(H,26,28). The fourth-order valence-corrected chi connectivity index (χ4v) is 3.99. The Balaban J connectivity index is 1.77. The smallest absolute Gasteiger partial charge is 0.387 e. The van der Waals surface area contributed by atoms with Crippen LogP contribution in [0.3, 0.4) is 0 Å². The van der Waals surface area contributed by atoms with Crippen LogP contribution < -0.4 is 14.8 Å². The summed E-state index contributed by atoms with van der Waals surface area (Å²) in [5.74, 6) is -0.249. The highest BCUT2D eigenvalue weighted by Crippen LogP contribution is 2.32. The van der Waals surface area contributed by atoms with Gasteiger partial charge in [0.1, 0.15) is 5.75 Å². The topological polar surface area (TPSA) is 93.2 Å². The van der Waals surface area contributed by atoms with E-state index in [1.165, 1.54) is 42.5 Å². The highest BCUT2D eigenvalue weighted by Gasteiger charge is 2.20. The largest absolute Gasteiger partial charge is 0.433 e. The van der Waals surface area contributed by atoms with Crippen molar-refractivity contribution in [2.75, 3.05) is 10.0 Å². The van der Waals surface area contributed by atoms with Gasteiger partial charge in [-0.3, -0.25) is 4.72 Å². The highest BCUT2D eigenvalue weighted by atomic mass is 35.5. The molecule has 0 atom stereocenters. The first-order chi connectivity index (χ1) is 15.3. The average molecular weight is 477 g/mol. The van der Waals surface area contributed by atoms with Crippen molar-refractivity contribution in [1.82, 2.24) is 9.97 Å². The Labute approximate surface area is 187 Å². The third-order valence-electron chi connectivity index (χ3n) is 4.28. The van der Waals surface area contributed by atoms with E-state index in [0.29, 0.717) is 16.1 Å². The minimum Gasteiger partial charge on any atom is -0.433 e. The van der Waals surface area contributed by atoms with Crippen molar-refractivity contribution >= 4 is 50.0 Å². The van der Waals surface area contributed by atoms with E-state index in [-0.39, 0.29) is 28.0 Å². The first kappa shape index (κ1) is 21.7. The lowest BCUT2D eigenvalue weighted by molar-refractivity contribution is -0.0493. The quantitative estimate of drug-likeness (QED) is 0.369. The van der Waals surface area contributed by atoms with Crippen LogP contribution in [0, 0.1) is 0 Å². The molecular weight excluding hydrogens is 462 g/mol. The molecule has 4 aromatic rings. The van der Waals surface area contributed by atoms with Crippen LogP contribution in [-0.4, -0.2) is 25.0 Å². The van der Waals surface area contributed by atoms with Crippen LogP contribution in [0.25, 0.3) is 11.0 Å². The minimum atomic E-state index is -4.05. The molecule has 0 saturated carbocycles. The van der Waals surface area contributed by atoms with Crippen LogP contribution in [-0.2, 0) is 10.0 Å². The fourth-order valence-electron chi connectivity index (χ4n) is 2.85. The van der Waals surface area contributed by atoms with Gasteiger partial charge in [-0.05, 0) is 48.5 Å². The molecule has 0 saturated heterocycles. The van der Waals surface area contributed by atoms with Gasteiger partial charge in [-0.25, -0.2) is 18.4 Å². The van der Waals surface area contributed by atoms with Crippen LogP contribution in [0.5, 0.6) is 5.75 Å². The van der Waals surface area contributed by atoms with Gasteiger partial charge in [0.15, 0.2) is 11.6 Å². The summed E-state index contributed by atoms with van der Waals surface area (Å²) in [7, 11) is -4.05. The predicted molar refractivity (Wildman–Crippen MR) is 118 cm³/mol. The Morgan fingerprint density at radius 1 is 0.844 bits per heavy atom. The zero-order valence-electron chi connectivity index (χ0n) is 16.2. The van der Waals surface area contributed by atoms with Crippen molar-refractivity contribution in [2.45, 2.75) is 11.5 Å². The average Bonchev–Trinajstić information content (AvgIpc) is 2.75. The van der Waals surface area contributed by atoms with E-state index in [4.69, 9.17) is 11.6 Å². The predicted octanol–water partition coefficient (Wildman–Crippen LogP) is 5.43. The number of ether oxygens (including phenoxy) is 1. The first-order valence-electron chi connectivity index (χ1n) is 9.18. The molecule has 0 aliphatic carbocycles. The summed E-state index contributed by atoms with van der Waals surface area (Å²) in [5.41, 5.74) is 1.06. The third-order valence-corrected chi connectivity index (χ3v) is 5.89. The normalized spacial score (nSPS) is 11.5. The zero-order chi connectivity index (χ0) is 22.7. The van der Waals surface area contributed by atoms with E-state index in [1.807, 2.05) is 0 Å². The molecule has 4 rings (SSSR count). The lowest BCUT2D eigenvalue weighted by Crippen LogP contribution is -2.16. The van der Waals surface area contributed by atoms with Gasteiger partial charge in [-0.1, -0.05) is 35.9 Å². The first-order valence-corrected chi connectivity index (χ1v) is 11.0. The van der Waals surface area contributed by atoms with Crippen molar-refractivity contribution < 1.29 is 21.9 Å². The lowest BCUT2D eigenvalue weighted by atomic mass is 10.3. The molecule has 3 aromatic carbocycles. The molecule has 2 N–H and O–H groups in total. The molecule has 164 valence electrons. The fraction of sp³-hybridized carbons (Fsp3) is 0.0476. The van der Waals surface area contributed by atoms with Gasteiger partial charge in [-0.2, -0.15) is 8.78 Å². The molecule has 0 bridgehead atoms. The number of anilines is 3. The van der Waals surface area contributed by atoms with Gasteiger partial charge in [0.2, 0.25) is 0 Å². The van der Waals surface area contributed by atoms with Crippen molar-refractivity contribution in [2.24, 2.45) is 0 Å². The number of hydrogen-bond acceptors (Lipinski definition) is 6. The second-order valence-electron chi connectivity index (χ2n) is 6.47. The molecule has 7 nitrogen and oxygen atoms in total. The monoisotopic (exact) mass is 476 g/mol. The van der Waals surface area contributed by atoms with Crippen LogP contribution in [0.4, 0.5) is 26.1 Å². The lowest BCUT2D eigenvalue weighted by Gasteiger charge is -2.16. The number of aromatic nitrogens is 2. The molecular formula is C21H15ClF2N4O3S. The number of nitrogens with one attached hydrogen (secondary N) is 2. The van der Waals surface area contributed by atoms with Gasteiger partial charge in [0.25, 0.3) is 10.0 Å². The van der Waals surface area contributed by atoms with E-state index in [1.54, 1.807) is 30.3 Å². The van der Waals surface area contributed by atoms with E-state index in [9.17, 15) is 17.2 Å². The number of sulfonamides is 1. The molecule has 0 unspecified atom stereocenters. The number of alkyl halides is 2. The SMILES string of the molecule is O=S(=O)(Nc1nc2ccccc2nc1Nc1ccccc1OC(F)F)c1ccc(Cl)cc1. The number of rotatable bonds is 7. The molecule has 32 heavy (non-hydrogen) atoms. The van der Waals surface area contributed by atoms with Crippen LogP contribution in [0.2, 0.25) is 5.02 Å². The number of halogens is 3. The molecule has 0 spiro atoms. The molecule has 0 radical (unpaired) electrons. The minimum absolute atomic E-state index is 0.00607. The Hall–Kier alpha value is -3.50. The maximum Gasteiger partial charge on any atom is 0.387 e. The van der Waals surface area contributed by atoms with E-state index < -0.39 is 16.6 Å². The van der Waals surface area contributed by atoms with E-state index in [2.05, 4.69) is 24.7 Å². The van der Waals surface area contributed by atoms with Gasteiger partial charge in [0.05, 0.1) is 21.6 Å². The number of fused-ring (bicyclic) bond motifs is 1. The van der Waals surface area contributed by atoms with Gasteiger partial charge in [-0.15, -0.1) is 0 Å². The van der Waals surface area contributed by atoms with Crippen molar-refractivity contribution in [1.29, 1.82) is 0 Å². The van der Waals surface area contributed by atoms with E-state index in [0.717, 1.165) is 0 Å². The molecule has 0 aliphatic heterocycles. The molecule has 1 heterocycles. The molecule has 0 fully saturated rings. The Kier molecular flexibility index (Phi) is 6.06. The van der Waals surface area contributed by atoms with Crippen molar-refractivity contribution in [3.63, 3.8) is 0 Å². The Morgan fingerprint density at radius 2 is 1.44 bits per heavy atom. The second kappa shape index (κ2) is 8.93. The maximum absolute atomic E-state index is 12.9. The number of hydrogen-bond donors (Lipinski definition) is 2. The van der Waals surface area contributed by atoms with Crippen molar-refractivity contribution in [3.8, 4) is 5.75 Å². The van der Waals surface area contributed by atoms with Crippen molar-refractivity contribution in [3.05, 3.63) is 77.8 Å². The van der Waals surface area contributed by atoms with Crippen LogP contribution >= 0.6 is 11.6 Å². The van der Waals surface area contributed by atoms with Gasteiger partial charge >= 0.3 is 6.61 Å². The number of nitrogens with zero attached hydrogens (tertiary/aromatic N) is 2. The number of benzene rings is 3. The molecule has 0 aliphatic rings. The van der Waals surface area contributed by atoms with Gasteiger partial charge in [0, 0.05) is 5.02 Å². The Morgan fingerprint density at radius 3 is 2.09 bits per heavy atom. The van der Waals surface area contributed by atoms with Gasteiger partial charge < -0.3 is 10.1 Å². The molecule has 11 heteroatoms. The molecule has 0 amide bonds. The summed E-state index contributed by atoms with van der Waals surface area (Å²) in [6.07, 6.45) is 0. The summed E-state index contributed by atoms with van der Waals surface area (Å²) >= 11 is 5.84. The highest BCUT2D eigenvalue weighted by molar-refractivity contribution is 7.92. The number of para-hydroxylation sites is 4. The second-order valence-corrected chi connectivity index (χ2v) is 8.59. The molecule has 1 aromatic heterocycles. The van der Waals surface area contributed by atoms with E-state index >= 15 is 0 Å². The van der Waals surface area contributed by atoms with Crippen LogP contribution in [0.1, 0.15) is 0 Å². The summed E-state index contributed by atoms with van der Waals surface area (Å²) in [6, 6.07) is 18.4. The zero-order valence-corrected chi connectivity index (χ0v) is 17.7. The van der Waals surface area contributed by atoms with Crippen LogP contribution in [0.15, 0.2) is 77.7 Å². The summed E-state index contributed by atoms with van der Waals surface area (Å²) in [6.45, 7) is -3.04. The maximum atomic E-state index is 12.9. The Bertz CT molecular complexity index is 1370. The summed E-state index contributed by atoms with van der Waals surface area (Å²) in [4.78, 5) is 8.74.